The molecule has 1 atom stereocenters. The molecule has 1 aromatic rings. The molecule has 3 nitrogen and oxygen atoms in total. The normalized spacial score (nSPS) is 12.8. The average molecular weight is 209 g/mol. The summed E-state index contributed by atoms with van der Waals surface area (Å²) in [6.07, 6.45) is 0. The molecule has 1 unspecified atom stereocenters. The minimum Gasteiger partial charge on any atom is -0.508 e. The van der Waals surface area contributed by atoms with Crippen molar-refractivity contribution in [2.24, 2.45) is 0 Å². The van der Waals surface area contributed by atoms with Gasteiger partial charge in [0.1, 0.15) is 5.75 Å². The third-order valence-electron chi connectivity index (χ3n) is 2.61. The summed E-state index contributed by atoms with van der Waals surface area (Å²) in [4.78, 5) is 0. The van der Waals surface area contributed by atoms with Crippen LogP contribution in [-0.4, -0.2) is 22.9 Å². The summed E-state index contributed by atoms with van der Waals surface area (Å²) in [5.41, 5.74) is 3.13. The van der Waals surface area contributed by atoms with Gasteiger partial charge in [-0.3, -0.25) is 0 Å². The molecule has 0 bridgehead atoms. The Morgan fingerprint density at radius 3 is 2.47 bits per heavy atom. The maximum Gasteiger partial charge on any atom is 0.120 e. The lowest BCUT2D eigenvalue weighted by molar-refractivity contribution is 0.250. The molecule has 0 heterocycles. The van der Waals surface area contributed by atoms with E-state index in [1.54, 1.807) is 6.07 Å². The summed E-state index contributed by atoms with van der Waals surface area (Å²) < 4.78 is 0. The minimum atomic E-state index is 0.0472. The van der Waals surface area contributed by atoms with Crippen LogP contribution >= 0.6 is 0 Å². The number of benzene rings is 1. The third-order valence-corrected chi connectivity index (χ3v) is 2.61. The van der Waals surface area contributed by atoms with E-state index < -0.39 is 0 Å². The molecule has 0 radical (unpaired) electrons. The Labute approximate surface area is 90.8 Å². The van der Waals surface area contributed by atoms with Crippen molar-refractivity contribution >= 4 is 0 Å². The molecule has 1 aromatic carbocycles. The zero-order valence-corrected chi connectivity index (χ0v) is 9.54. The van der Waals surface area contributed by atoms with Crippen molar-refractivity contribution in [3.8, 4) is 5.75 Å². The molecule has 1 rings (SSSR count). The van der Waals surface area contributed by atoms with Crippen LogP contribution in [0.4, 0.5) is 0 Å². The van der Waals surface area contributed by atoms with Gasteiger partial charge in [-0.2, -0.15) is 0 Å². The first-order valence-corrected chi connectivity index (χ1v) is 5.18. The van der Waals surface area contributed by atoms with Gasteiger partial charge in [0.15, 0.2) is 0 Å². The zero-order chi connectivity index (χ0) is 11.4. The van der Waals surface area contributed by atoms with E-state index in [1.165, 1.54) is 5.56 Å². The lowest BCUT2D eigenvalue weighted by Crippen LogP contribution is -2.28. The Morgan fingerprint density at radius 2 is 1.87 bits per heavy atom. The SMILES string of the molecule is Cc1cc(O)c(CNC(C)CO)cc1C. The van der Waals surface area contributed by atoms with Gasteiger partial charge in [-0.1, -0.05) is 6.07 Å². The van der Waals surface area contributed by atoms with Crippen LogP contribution in [0.5, 0.6) is 5.75 Å². The number of nitrogens with one attached hydrogen (secondary N) is 1. The van der Waals surface area contributed by atoms with Gasteiger partial charge in [0.2, 0.25) is 0 Å². The fourth-order valence-corrected chi connectivity index (χ4v) is 1.35. The van der Waals surface area contributed by atoms with Gasteiger partial charge in [0.05, 0.1) is 6.61 Å². The van der Waals surface area contributed by atoms with E-state index in [4.69, 9.17) is 5.11 Å². The highest BCUT2D eigenvalue weighted by Gasteiger charge is 2.05. The fourth-order valence-electron chi connectivity index (χ4n) is 1.35. The lowest BCUT2D eigenvalue weighted by atomic mass is 10.0. The van der Waals surface area contributed by atoms with Crippen LogP contribution in [0.3, 0.4) is 0 Å². The van der Waals surface area contributed by atoms with E-state index in [0.29, 0.717) is 12.3 Å². The summed E-state index contributed by atoms with van der Waals surface area (Å²) in [6.45, 7) is 6.58. The highest BCUT2D eigenvalue weighted by atomic mass is 16.3. The van der Waals surface area contributed by atoms with E-state index in [2.05, 4.69) is 5.32 Å². The van der Waals surface area contributed by atoms with Gasteiger partial charge in [-0.15, -0.1) is 0 Å². The molecule has 3 heteroatoms. The molecule has 0 aliphatic carbocycles. The van der Waals surface area contributed by atoms with Gasteiger partial charge in [0.25, 0.3) is 0 Å². The van der Waals surface area contributed by atoms with Crippen LogP contribution in [0.2, 0.25) is 0 Å². The molecule has 0 aromatic heterocycles. The van der Waals surface area contributed by atoms with Crippen molar-refractivity contribution in [1.82, 2.24) is 5.32 Å². The van der Waals surface area contributed by atoms with E-state index in [0.717, 1.165) is 11.1 Å². The lowest BCUT2D eigenvalue weighted by Gasteiger charge is -2.13. The molecular weight excluding hydrogens is 190 g/mol. The molecule has 0 saturated carbocycles. The number of aliphatic hydroxyl groups is 1. The van der Waals surface area contributed by atoms with Crippen molar-refractivity contribution in [3.05, 3.63) is 28.8 Å². The average Bonchev–Trinajstić information content (AvgIpc) is 2.21. The number of hydrogen-bond acceptors (Lipinski definition) is 3. The Morgan fingerprint density at radius 1 is 1.27 bits per heavy atom. The van der Waals surface area contributed by atoms with Gasteiger partial charge >= 0.3 is 0 Å². The molecule has 15 heavy (non-hydrogen) atoms. The molecule has 0 fully saturated rings. The number of aryl methyl sites for hydroxylation is 2. The Bertz CT molecular complexity index is 337. The first kappa shape index (κ1) is 12.0. The quantitative estimate of drug-likeness (QED) is 0.704. The highest BCUT2D eigenvalue weighted by Crippen LogP contribution is 2.21. The second-order valence-electron chi connectivity index (χ2n) is 4.03. The Kier molecular flexibility index (Phi) is 4.12. The number of aromatic hydroxyl groups is 1. The summed E-state index contributed by atoms with van der Waals surface area (Å²) in [7, 11) is 0. The number of hydrogen-bond donors (Lipinski definition) is 3. The van der Waals surface area contributed by atoms with Crippen molar-refractivity contribution in [3.63, 3.8) is 0 Å². The highest BCUT2D eigenvalue weighted by molar-refractivity contribution is 5.40. The minimum absolute atomic E-state index is 0.0472. The second kappa shape index (κ2) is 5.14. The molecule has 84 valence electrons. The Hall–Kier alpha value is -1.06. The number of phenolic OH excluding ortho intramolecular Hbond substituents is 1. The van der Waals surface area contributed by atoms with Crippen LogP contribution in [0.15, 0.2) is 12.1 Å². The monoisotopic (exact) mass is 209 g/mol. The number of phenols is 1. The van der Waals surface area contributed by atoms with Gasteiger partial charge in [0, 0.05) is 18.2 Å². The predicted octanol–water partition coefficient (Wildman–Crippen LogP) is 1.48. The Balaban J connectivity index is 2.73. The maximum absolute atomic E-state index is 9.70. The van der Waals surface area contributed by atoms with Crippen LogP contribution < -0.4 is 5.32 Å². The summed E-state index contributed by atoms with van der Waals surface area (Å²) in [5.74, 6) is 0.315. The standard InChI is InChI=1S/C12H19NO2/c1-8-4-11(6-13-10(3)7-14)12(15)5-9(8)2/h4-5,10,13-15H,6-7H2,1-3H3. The van der Waals surface area contributed by atoms with E-state index in [1.807, 2.05) is 26.8 Å². The van der Waals surface area contributed by atoms with Crippen LogP contribution in [0, 0.1) is 13.8 Å². The van der Waals surface area contributed by atoms with Crippen molar-refractivity contribution in [2.45, 2.75) is 33.4 Å². The van der Waals surface area contributed by atoms with Crippen molar-refractivity contribution in [1.29, 1.82) is 0 Å². The summed E-state index contributed by atoms with van der Waals surface area (Å²) in [6, 6.07) is 3.79. The van der Waals surface area contributed by atoms with E-state index in [9.17, 15) is 5.11 Å². The molecular formula is C12H19NO2. The molecule has 0 saturated heterocycles. The van der Waals surface area contributed by atoms with Crippen LogP contribution in [0.1, 0.15) is 23.6 Å². The topological polar surface area (TPSA) is 52.5 Å². The second-order valence-corrected chi connectivity index (χ2v) is 4.03. The predicted molar refractivity (Wildman–Crippen MR) is 61.0 cm³/mol. The molecule has 0 spiro atoms. The van der Waals surface area contributed by atoms with Crippen molar-refractivity contribution in [2.75, 3.05) is 6.61 Å². The fraction of sp³-hybridized carbons (Fsp3) is 0.500. The summed E-state index contributed by atoms with van der Waals surface area (Å²) in [5, 5.41) is 21.7. The molecule has 3 N–H and O–H groups in total. The maximum atomic E-state index is 9.70. The third kappa shape index (κ3) is 3.22. The van der Waals surface area contributed by atoms with Gasteiger partial charge < -0.3 is 15.5 Å². The van der Waals surface area contributed by atoms with Gasteiger partial charge in [-0.05, 0) is 38.0 Å². The van der Waals surface area contributed by atoms with Crippen molar-refractivity contribution < 1.29 is 10.2 Å². The first-order chi connectivity index (χ1) is 7.04. The first-order valence-electron chi connectivity index (χ1n) is 5.18. The summed E-state index contributed by atoms with van der Waals surface area (Å²) >= 11 is 0. The molecule has 0 aliphatic heterocycles. The molecule has 0 aliphatic rings. The van der Waals surface area contributed by atoms with Crippen LogP contribution in [-0.2, 0) is 6.54 Å². The number of aliphatic hydroxyl groups excluding tert-OH is 1. The van der Waals surface area contributed by atoms with E-state index >= 15 is 0 Å². The van der Waals surface area contributed by atoms with Crippen LogP contribution in [0.25, 0.3) is 0 Å². The largest absolute Gasteiger partial charge is 0.508 e. The van der Waals surface area contributed by atoms with E-state index in [-0.39, 0.29) is 12.6 Å². The zero-order valence-electron chi connectivity index (χ0n) is 9.54. The molecule has 0 amide bonds. The smallest absolute Gasteiger partial charge is 0.120 e. The van der Waals surface area contributed by atoms with Gasteiger partial charge in [-0.25, -0.2) is 0 Å². The number of rotatable bonds is 4.